The first kappa shape index (κ1) is 18.7. The Morgan fingerprint density at radius 3 is 2.77 bits per heavy atom. The molecule has 4 heteroatoms. The average Bonchev–Trinajstić information content (AvgIpc) is 2.59. The van der Waals surface area contributed by atoms with Crippen LogP contribution in [0.3, 0.4) is 0 Å². The number of aliphatic hydroxyl groups excluding tert-OH is 2. The first-order chi connectivity index (χ1) is 12.5. The van der Waals surface area contributed by atoms with Crippen molar-refractivity contribution < 1.29 is 20.1 Å². The van der Waals surface area contributed by atoms with Crippen LogP contribution in [0.25, 0.3) is 0 Å². The topological polar surface area (TPSA) is 77.8 Å². The summed E-state index contributed by atoms with van der Waals surface area (Å²) in [6.45, 7) is 0. The molecule has 2 aliphatic carbocycles. The number of rotatable bonds is 5. The molecule has 0 aliphatic heterocycles. The largest absolute Gasteiger partial charge is 0.481 e. The van der Waals surface area contributed by atoms with Crippen LogP contribution >= 0.6 is 0 Å². The molecule has 2 saturated carbocycles. The van der Waals surface area contributed by atoms with Gasteiger partial charge in [0.15, 0.2) is 0 Å². The van der Waals surface area contributed by atoms with Crippen molar-refractivity contribution >= 4 is 5.97 Å². The van der Waals surface area contributed by atoms with Crippen LogP contribution in [0.5, 0.6) is 0 Å². The molecule has 3 N–H and O–H groups in total. The van der Waals surface area contributed by atoms with E-state index in [-0.39, 0.29) is 12.3 Å². The highest BCUT2D eigenvalue weighted by Gasteiger charge is 2.46. The zero-order valence-electron chi connectivity index (χ0n) is 14.8. The standard InChI is InChI=1S/C22H26O4/c23-17(13-15-5-2-1-3-6-15)9-10-19-20-14-16(7-4-8-22(25)26)18(20)11-12-21(19)24/h1-3,5-7,17-21,23-24H,4,8,11-14H2,(H,25,26)/b16-7-/t17?,18-,19?,20+,21-/m0/s1. The predicted molar refractivity (Wildman–Crippen MR) is 99.2 cm³/mol. The first-order valence-electron chi connectivity index (χ1n) is 9.36. The van der Waals surface area contributed by atoms with Gasteiger partial charge in [-0.15, -0.1) is 0 Å². The number of aliphatic carboxylic acids is 1. The molecule has 3 rings (SSSR count). The smallest absolute Gasteiger partial charge is 0.303 e. The molecule has 1 aromatic carbocycles. The zero-order chi connectivity index (χ0) is 18.5. The van der Waals surface area contributed by atoms with E-state index >= 15 is 0 Å². The van der Waals surface area contributed by atoms with Crippen molar-refractivity contribution in [1.82, 2.24) is 0 Å². The second-order valence-corrected chi connectivity index (χ2v) is 7.35. The van der Waals surface area contributed by atoms with Crippen molar-refractivity contribution in [2.24, 2.45) is 17.8 Å². The molecule has 0 bridgehead atoms. The monoisotopic (exact) mass is 354 g/mol. The third-order valence-corrected chi connectivity index (χ3v) is 5.57. The third kappa shape index (κ3) is 4.55. The number of hydrogen-bond acceptors (Lipinski definition) is 3. The Labute approximate surface area is 154 Å². The minimum Gasteiger partial charge on any atom is -0.481 e. The second kappa shape index (κ2) is 8.53. The number of fused-ring (bicyclic) bond motifs is 1. The summed E-state index contributed by atoms with van der Waals surface area (Å²) in [6.07, 6.45) is 4.66. The number of allylic oxidation sites excluding steroid dienone is 2. The summed E-state index contributed by atoms with van der Waals surface area (Å²) in [5.41, 5.74) is 2.36. The quantitative estimate of drug-likeness (QED) is 0.561. The summed E-state index contributed by atoms with van der Waals surface area (Å²) in [7, 11) is 0. The lowest BCUT2D eigenvalue weighted by atomic mass is 9.57. The molecule has 2 fully saturated rings. The summed E-state index contributed by atoms with van der Waals surface area (Å²) in [4.78, 5) is 10.6. The van der Waals surface area contributed by atoms with Crippen molar-refractivity contribution in [1.29, 1.82) is 0 Å². The Hall–Kier alpha value is -2.09. The third-order valence-electron chi connectivity index (χ3n) is 5.57. The summed E-state index contributed by atoms with van der Waals surface area (Å²) in [5.74, 6) is 5.95. The molecule has 26 heavy (non-hydrogen) atoms. The highest BCUT2D eigenvalue weighted by atomic mass is 16.4. The minimum atomic E-state index is -0.770. The lowest BCUT2D eigenvalue weighted by Gasteiger charge is -2.48. The van der Waals surface area contributed by atoms with Gasteiger partial charge in [-0.25, -0.2) is 0 Å². The normalized spacial score (nSPS) is 29.8. The Bertz CT molecular complexity index is 713. The fourth-order valence-corrected chi connectivity index (χ4v) is 4.17. The minimum absolute atomic E-state index is 0.101. The number of benzene rings is 1. The molecule has 0 radical (unpaired) electrons. The summed E-state index contributed by atoms with van der Waals surface area (Å²) >= 11 is 0. The van der Waals surface area contributed by atoms with E-state index in [0.29, 0.717) is 31.1 Å². The molecule has 0 saturated heterocycles. The SMILES string of the molecule is O=C(O)CC/C=C1/C[C@H]2C(C#CC(O)Cc3ccccc3)[C@@H](O)CC[C@@H]12. The van der Waals surface area contributed by atoms with Crippen molar-refractivity contribution in [3.63, 3.8) is 0 Å². The summed E-state index contributed by atoms with van der Waals surface area (Å²) in [6, 6.07) is 9.76. The van der Waals surface area contributed by atoms with Crippen LogP contribution in [-0.2, 0) is 11.2 Å². The zero-order valence-corrected chi connectivity index (χ0v) is 14.8. The van der Waals surface area contributed by atoms with E-state index in [9.17, 15) is 15.0 Å². The lowest BCUT2D eigenvalue weighted by Crippen LogP contribution is -2.44. The first-order valence-corrected chi connectivity index (χ1v) is 9.36. The van der Waals surface area contributed by atoms with Gasteiger partial charge in [0.05, 0.1) is 12.0 Å². The molecule has 2 aliphatic rings. The number of carboxylic acid groups (broad SMARTS) is 1. The van der Waals surface area contributed by atoms with Gasteiger partial charge >= 0.3 is 5.97 Å². The molecular weight excluding hydrogens is 328 g/mol. The van der Waals surface area contributed by atoms with Crippen molar-refractivity contribution in [2.45, 2.75) is 50.7 Å². The van der Waals surface area contributed by atoms with Crippen molar-refractivity contribution in [2.75, 3.05) is 0 Å². The van der Waals surface area contributed by atoms with Crippen LogP contribution in [0.4, 0.5) is 0 Å². The molecule has 0 spiro atoms. The maximum atomic E-state index is 10.6. The number of aliphatic hydroxyl groups is 2. The van der Waals surface area contributed by atoms with Crippen LogP contribution in [0.1, 0.15) is 37.7 Å². The summed E-state index contributed by atoms with van der Waals surface area (Å²) < 4.78 is 0. The van der Waals surface area contributed by atoms with E-state index in [2.05, 4.69) is 17.9 Å². The maximum Gasteiger partial charge on any atom is 0.303 e. The number of carbonyl (C=O) groups is 1. The Kier molecular flexibility index (Phi) is 6.13. The van der Waals surface area contributed by atoms with Gasteiger partial charge < -0.3 is 15.3 Å². The van der Waals surface area contributed by atoms with Crippen LogP contribution in [0.15, 0.2) is 42.0 Å². The second-order valence-electron chi connectivity index (χ2n) is 7.35. The molecule has 0 amide bonds. The molecule has 4 nitrogen and oxygen atoms in total. The molecule has 138 valence electrons. The van der Waals surface area contributed by atoms with Gasteiger partial charge in [0, 0.05) is 12.8 Å². The number of hydrogen-bond donors (Lipinski definition) is 3. The van der Waals surface area contributed by atoms with E-state index in [4.69, 9.17) is 5.11 Å². The molecule has 5 atom stereocenters. The van der Waals surface area contributed by atoms with E-state index < -0.39 is 18.2 Å². The van der Waals surface area contributed by atoms with Crippen molar-refractivity contribution in [3.05, 3.63) is 47.5 Å². The van der Waals surface area contributed by atoms with Gasteiger partial charge in [0.2, 0.25) is 0 Å². The Balaban J connectivity index is 1.59. The van der Waals surface area contributed by atoms with E-state index in [1.54, 1.807) is 0 Å². The fourth-order valence-electron chi connectivity index (χ4n) is 4.17. The predicted octanol–water partition coefficient (Wildman–Crippen LogP) is 2.79. The maximum absolute atomic E-state index is 10.6. The molecule has 0 heterocycles. The van der Waals surface area contributed by atoms with Gasteiger partial charge in [0.1, 0.15) is 6.10 Å². The van der Waals surface area contributed by atoms with Crippen LogP contribution in [0.2, 0.25) is 0 Å². The van der Waals surface area contributed by atoms with Gasteiger partial charge in [-0.05, 0) is 43.1 Å². The molecule has 0 aromatic heterocycles. The van der Waals surface area contributed by atoms with E-state index in [1.807, 2.05) is 30.3 Å². The fraction of sp³-hybridized carbons (Fsp3) is 0.500. The Morgan fingerprint density at radius 2 is 2.04 bits per heavy atom. The molecule has 1 aromatic rings. The van der Waals surface area contributed by atoms with E-state index in [1.165, 1.54) is 5.57 Å². The van der Waals surface area contributed by atoms with Crippen molar-refractivity contribution in [3.8, 4) is 11.8 Å². The summed E-state index contributed by atoms with van der Waals surface area (Å²) in [5, 5.41) is 29.3. The highest BCUT2D eigenvalue weighted by molar-refractivity contribution is 5.66. The van der Waals surface area contributed by atoms with Gasteiger partial charge in [-0.3, -0.25) is 4.79 Å². The average molecular weight is 354 g/mol. The highest BCUT2D eigenvalue weighted by Crippen LogP contribution is 2.51. The van der Waals surface area contributed by atoms with Gasteiger partial charge in [-0.1, -0.05) is 53.8 Å². The van der Waals surface area contributed by atoms with Crippen LogP contribution in [0, 0.1) is 29.6 Å². The lowest BCUT2D eigenvalue weighted by molar-refractivity contribution is -0.136. The molecule has 2 unspecified atom stereocenters. The van der Waals surface area contributed by atoms with E-state index in [0.717, 1.165) is 18.4 Å². The Morgan fingerprint density at radius 1 is 1.27 bits per heavy atom. The number of carboxylic acids is 1. The molecular formula is C22H26O4. The van der Waals surface area contributed by atoms with Crippen LogP contribution < -0.4 is 0 Å². The van der Waals surface area contributed by atoms with Gasteiger partial charge in [-0.2, -0.15) is 0 Å². The van der Waals surface area contributed by atoms with Gasteiger partial charge in [0.25, 0.3) is 0 Å². The van der Waals surface area contributed by atoms with Crippen LogP contribution in [-0.4, -0.2) is 33.5 Å².